The standard InChI is InChI=1S/C17H24N6O2S/c1-11(2)26(24,25)23-9-5-6-14(23)15-16(19-8-7-18-15)22-17-20-12(3)10-13(4)21-17/h7-8,10-11,14H,5-6,9H2,1-4H3,(H,19,20,21,22). The number of hydrogen-bond donors (Lipinski definition) is 1. The van der Waals surface area contributed by atoms with Gasteiger partial charge in [0.25, 0.3) is 0 Å². The molecule has 0 saturated carbocycles. The largest absolute Gasteiger partial charge is 0.307 e. The van der Waals surface area contributed by atoms with Crippen molar-refractivity contribution in [2.24, 2.45) is 0 Å². The van der Waals surface area contributed by atoms with Crippen LogP contribution < -0.4 is 5.32 Å². The molecule has 3 heterocycles. The summed E-state index contributed by atoms with van der Waals surface area (Å²) in [5.74, 6) is 0.925. The zero-order chi connectivity index (χ0) is 18.9. The molecule has 1 N–H and O–H groups in total. The minimum Gasteiger partial charge on any atom is -0.307 e. The molecular weight excluding hydrogens is 352 g/mol. The van der Waals surface area contributed by atoms with Crippen molar-refractivity contribution < 1.29 is 8.42 Å². The van der Waals surface area contributed by atoms with Crippen LogP contribution in [0.25, 0.3) is 0 Å². The van der Waals surface area contributed by atoms with Gasteiger partial charge < -0.3 is 5.32 Å². The number of aromatic nitrogens is 4. The van der Waals surface area contributed by atoms with E-state index in [2.05, 4.69) is 25.3 Å². The molecule has 2 aromatic heterocycles. The van der Waals surface area contributed by atoms with Gasteiger partial charge in [-0.1, -0.05) is 0 Å². The van der Waals surface area contributed by atoms with Crippen LogP contribution in [0.4, 0.5) is 11.8 Å². The summed E-state index contributed by atoms with van der Waals surface area (Å²) < 4.78 is 27.0. The maximum atomic E-state index is 12.7. The Morgan fingerprint density at radius 2 is 1.81 bits per heavy atom. The summed E-state index contributed by atoms with van der Waals surface area (Å²) in [6.07, 6.45) is 4.67. The minimum absolute atomic E-state index is 0.329. The second kappa shape index (κ2) is 7.24. The molecule has 1 saturated heterocycles. The summed E-state index contributed by atoms with van der Waals surface area (Å²) in [4.78, 5) is 17.5. The van der Waals surface area contributed by atoms with E-state index in [1.807, 2.05) is 19.9 Å². The monoisotopic (exact) mass is 376 g/mol. The zero-order valence-corrected chi connectivity index (χ0v) is 16.3. The molecule has 1 atom stereocenters. The molecule has 0 bridgehead atoms. The highest BCUT2D eigenvalue weighted by atomic mass is 32.2. The average molecular weight is 376 g/mol. The van der Waals surface area contributed by atoms with Crippen LogP contribution in [0, 0.1) is 13.8 Å². The van der Waals surface area contributed by atoms with Crippen molar-refractivity contribution in [3.63, 3.8) is 0 Å². The summed E-state index contributed by atoms with van der Waals surface area (Å²) in [7, 11) is -3.37. The van der Waals surface area contributed by atoms with Crippen molar-refractivity contribution in [2.45, 2.75) is 51.8 Å². The van der Waals surface area contributed by atoms with E-state index in [-0.39, 0.29) is 6.04 Å². The van der Waals surface area contributed by atoms with Crippen LogP contribution in [-0.4, -0.2) is 44.5 Å². The summed E-state index contributed by atoms with van der Waals surface area (Å²) >= 11 is 0. The molecule has 3 rings (SSSR count). The van der Waals surface area contributed by atoms with Gasteiger partial charge in [-0.15, -0.1) is 0 Å². The third-order valence-corrected chi connectivity index (χ3v) is 6.66. The van der Waals surface area contributed by atoms with Gasteiger partial charge in [0.1, 0.15) is 5.69 Å². The second-order valence-corrected chi connectivity index (χ2v) is 9.19. The summed E-state index contributed by atoms with van der Waals surface area (Å²) in [6.45, 7) is 7.69. The number of nitrogens with one attached hydrogen (secondary N) is 1. The first-order valence-corrected chi connectivity index (χ1v) is 10.2. The molecule has 1 unspecified atom stereocenters. The number of nitrogens with zero attached hydrogens (tertiary/aromatic N) is 5. The molecule has 2 aromatic rings. The Bertz CT molecular complexity index is 880. The highest BCUT2D eigenvalue weighted by Crippen LogP contribution is 2.37. The lowest BCUT2D eigenvalue weighted by molar-refractivity contribution is 0.386. The molecule has 0 aromatic carbocycles. The van der Waals surface area contributed by atoms with E-state index < -0.39 is 15.3 Å². The lowest BCUT2D eigenvalue weighted by Crippen LogP contribution is -2.36. The molecule has 0 spiro atoms. The molecular formula is C17H24N6O2S. The highest BCUT2D eigenvalue weighted by Gasteiger charge is 2.38. The number of hydrogen-bond acceptors (Lipinski definition) is 7. The summed E-state index contributed by atoms with van der Waals surface area (Å²) in [5, 5.41) is 2.64. The van der Waals surface area contributed by atoms with Crippen molar-refractivity contribution in [1.29, 1.82) is 0 Å². The SMILES string of the molecule is Cc1cc(C)nc(Nc2nccnc2C2CCCN2S(=O)(=O)C(C)C)n1. The van der Waals surface area contributed by atoms with Crippen molar-refractivity contribution >= 4 is 21.8 Å². The van der Waals surface area contributed by atoms with Crippen molar-refractivity contribution in [3.8, 4) is 0 Å². The second-order valence-electron chi connectivity index (χ2n) is 6.75. The smallest absolute Gasteiger partial charge is 0.228 e. The van der Waals surface area contributed by atoms with Gasteiger partial charge in [-0.2, -0.15) is 4.31 Å². The van der Waals surface area contributed by atoms with E-state index in [0.717, 1.165) is 17.8 Å². The van der Waals surface area contributed by atoms with Crippen LogP contribution in [0.1, 0.15) is 49.8 Å². The lowest BCUT2D eigenvalue weighted by atomic mass is 10.1. The number of sulfonamides is 1. The molecule has 0 amide bonds. The molecule has 1 aliphatic rings. The number of anilines is 2. The van der Waals surface area contributed by atoms with Gasteiger partial charge in [-0.3, -0.25) is 4.98 Å². The maximum Gasteiger partial charge on any atom is 0.228 e. The number of aryl methyl sites for hydroxylation is 2. The van der Waals surface area contributed by atoms with Gasteiger partial charge in [0.15, 0.2) is 5.82 Å². The Kier molecular flexibility index (Phi) is 5.19. The molecule has 26 heavy (non-hydrogen) atoms. The lowest BCUT2D eigenvalue weighted by Gasteiger charge is -2.26. The first-order valence-electron chi connectivity index (χ1n) is 8.70. The fourth-order valence-electron chi connectivity index (χ4n) is 3.17. The van der Waals surface area contributed by atoms with Gasteiger partial charge in [0.2, 0.25) is 16.0 Å². The van der Waals surface area contributed by atoms with Gasteiger partial charge in [-0.25, -0.2) is 23.4 Å². The Morgan fingerprint density at radius 3 is 2.46 bits per heavy atom. The van der Waals surface area contributed by atoms with Crippen LogP contribution in [0.5, 0.6) is 0 Å². The molecule has 1 aliphatic heterocycles. The van der Waals surface area contributed by atoms with Crippen LogP contribution in [0.3, 0.4) is 0 Å². The Hall–Kier alpha value is -2.13. The maximum absolute atomic E-state index is 12.7. The normalized spacial score (nSPS) is 18.4. The van der Waals surface area contributed by atoms with Gasteiger partial charge in [0, 0.05) is 30.3 Å². The quantitative estimate of drug-likeness (QED) is 0.855. The van der Waals surface area contributed by atoms with E-state index in [0.29, 0.717) is 30.4 Å². The predicted octanol–water partition coefficient (Wildman–Crippen LogP) is 2.50. The van der Waals surface area contributed by atoms with Crippen molar-refractivity contribution in [2.75, 3.05) is 11.9 Å². The van der Waals surface area contributed by atoms with E-state index in [1.165, 1.54) is 0 Å². The minimum atomic E-state index is -3.37. The van der Waals surface area contributed by atoms with Crippen LogP contribution in [0.15, 0.2) is 18.5 Å². The molecule has 1 fully saturated rings. The van der Waals surface area contributed by atoms with Crippen molar-refractivity contribution in [1.82, 2.24) is 24.2 Å². The van der Waals surface area contributed by atoms with Gasteiger partial charge in [-0.05, 0) is 46.6 Å². The van der Waals surface area contributed by atoms with Crippen LogP contribution in [-0.2, 0) is 10.0 Å². The molecule has 8 nitrogen and oxygen atoms in total. The Balaban J connectivity index is 1.96. The highest BCUT2D eigenvalue weighted by molar-refractivity contribution is 7.89. The Labute approximate surface area is 154 Å². The van der Waals surface area contributed by atoms with Crippen molar-refractivity contribution in [3.05, 3.63) is 35.5 Å². The fraction of sp³-hybridized carbons (Fsp3) is 0.529. The van der Waals surface area contributed by atoms with Gasteiger partial charge >= 0.3 is 0 Å². The molecule has 140 valence electrons. The molecule has 0 aliphatic carbocycles. The number of rotatable bonds is 5. The predicted molar refractivity (Wildman–Crippen MR) is 99.6 cm³/mol. The third-order valence-electron chi connectivity index (χ3n) is 4.38. The summed E-state index contributed by atoms with van der Waals surface area (Å²) in [6, 6.07) is 1.56. The fourth-order valence-corrected chi connectivity index (χ4v) is 4.65. The van der Waals surface area contributed by atoms with E-state index in [4.69, 9.17) is 0 Å². The average Bonchev–Trinajstić information content (AvgIpc) is 3.04. The topological polar surface area (TPSA) is 101 Å². The molecule has 9 heteroatoms. The summed E-state index contributed by atoms with van der Waals surface area (Å²) in [5.41, 5.74) is 2.29. The first kappa shape index (κ1) is 18.7. The Morgan fingerprint density at radius 1 is 1.15 bits per heavy atom. The van der Waals surface area contributed by atoms with E-state index in [9.17, 15) is 8.42 Å². The first-order chi connectivity index (χ1) is 12.3. The third kappa shape index (κ3) is 3.68. The van der Waals surface area contributed by atoms with E-state index in [1.54, 1.807) is 30.5 Å². The van der Waals surface area contributed by atoms with Crippen LogP contribution in [0.2, 0.25) is 0 Å². The van der Waals surface area contributed by atoms with Crippen LogP contribution >= 0.6 is 0 Å². The zero-order valence-electron chi connectivity index (χ0n) is 15.5. The van der Waals surface area contributed by atoms with E-state index >= 15 is 0 Å². The molecule has 0 radical (unpaired) electrons. The van der Waals surface area contributed by atoms with Gasteiger partial charge in [0.05, 0.1) is 11.3 Å².